The van der Waals surface area contributed by atoms with Crippen LogP contribution in [0.5, 0.6) is 0 Å². The van der Waals surface area contributed by atoms with Crippen LogP contribution in [0.15, 0.2) is 4.52 Å². The van der Waals surface area contributed by atoms with Crippen molar-refractivity contribution >= 4 is 0 Å². The minimum atomic E-state index is -0.328. The molecule has 20 heavy (non-hydrogen) atoms. The average Bonchev–Trinajstić information content (AvgIpc) is 3.08. The number of nitrogens with zero attached hydrogens (tertiary/aromatic N) is 2. The van der Waals surface area contributed by atoms with Crippen molar-refractivity contribution in [2.45, 2.75) is 63.3 Å². The number of hydrogen-bond donors (Lipinski definition) is 1. The molecule has 0 bridgehead atoms. The Morgan fingerprint density at radius 3 is 2.65 bits per heavy atom. The maximum Gasteiger partial charge on any atom is 0.236 e. The average molecular weight is 279 g/mol. The Hall–Kier alpha value is -0.940. The number of ether oxygens (including phenoxy) is 1. The second-order valence-electron chi connectivity index (χ2n) is 6.62. The van der Waals surface area contributed by atoms with Crippen LogP contribution < -0.4 is 5.73 Å². The Kier molecular flexibility index (Phi) is 3.82. The summed E-state index contributed by atoms with van der Waals surface area (Å²) >= 11 is 0. The van der Waals surface area contributed by atoms with Crippen LogP contribution in [0, 0.1) is 5.92 Å². The van der Waals surface area contributed by atoms with Gasteiger partial charge in [0.2, 0.25) is 5.89 Å². The van der Waals surface area contributed by atoms with Gasteiger partial charge in [0.05, 0.1) is 18.6 Å². The van der Waals surface area contributed by atoms with E-state index in [0.29, 0.717) is 25.0 Å². The third-order valence-electron chi connectivity index (χ3n) is 5.24. The lowest BCUT2D eigenvalue weighted by Crippen LogP contribution is -2.42. The standard InChI is InChI=1S/C15H25N3O2/c1-3-10-4-6-11(7-5-10)13-17-14(20-18-13)15(2)9-19-8-12(15)16/h10-12H,3-9,16H2,1-2H3. The molecule has 2 atom stereocenters. The van der Waals surface area contributed by atoms with Crippen LogP contribution in [0.3, 0.4) is 0 Å². The second kappa shape index (κ2) is 5.45. The molecule has 5 nitrogen and oxygen atoms in total. The van der Waals surface area contributed by atoms with Crippen molar-refractivity contribution in [3.8, 4) is 0 Å². The van der Waals surface area contributed by atoms with E-state index in [1.165, 1.54) is 32.1 Å². The number of nitrogens with two attached hydrogens (primary N) is 1. The van der Waals surface area contributed by atoms with Crippen LogP contribution in [0.2, 0.25) is 0 Å². The van der Waals surface area contributed by atoms with Gasteiger partial charge in [-0.1, -0.05) is 18.5 Å². The summed E-state index contributed by atoms with van der Waals surface area (Å²) in [5.74, 6) is 2.86. The van der Waals surface area contributed by atoms with Crippen LogP contribution in [0.25, 0.3) is 0 Å². The Morgan fingerprint density at radius 2 is 2.05 bits per heavy atom. The molecule has 5 heteroatoms. The minimum Gasteiger partial charge on any atom is -0.379 e. The first-order valence-electron chi connectivity index (χ1n) is 7.81. The number of rotatable bonds is 3. The molecule has 0 aromatic carbocycles. The highest BCUT2D eigenvalue weighted by atomic mass is 16.5. The Bertz CT molecular complexity index is 454. The van der Waals surface area contributed by atoms with E-state index < -0.39 is 0 Å². The molecule has 1 aromatic rings. The summed E-state index contributed by atoms with van der Waals surface area (Å²) in [4.78, 5) is 4.65. The topological polar surface area (TPSA) is 74.2 Å². The van der Waals surface area contributed by atoms with Gasteiger partial charge in [-0.3, -0.25) is 0 Å². The van der Waals surface area contributed by atoms with Crippen LogP contribution in [-0.2, 0) is 10.2 Å². The van der Waals surface area contributed by atoms with E-state index in [2.05, 4.69) is 24.0 Å². The van der Waals surface area contributed by atoms with Gasteiger partial charge in [0, 0.05) is 12.0 Å². The molecule has 112 valence electrons. The largest absolute Gasteiger partial charge is 0.379 e. The Balaban J connectivity index is 1.71. The van der Waals surface area contributed by atoms with Gasteiger partial charge in [0.15, 0.2) is 5.82 Å². The zero-order valence-electron chi connectivity index (χ0n) is 12.5. The summed E-state index contributed by atoms with van der Waals surface area (Å²) in [5.41, 5.74) is 5.79. The Morgan fingerprint density at radius 1 is 1.30 bits per heavy atom. The van der Waals surface area contributed by atoms with Gasteiger partial charge in [-0.05, 0) is 38.5 Å². The van der Waals surface area contributed by atoms with Crippen molar-refractivity contribution in [1.29, 1.82) is 0 Å². The fourth-order valence-corrected chi connectivity index (χ4v) is 3.37. The van der Waals surface area contributed by atoms with E-state index in [1.807, 2.05) is 0 Å². The van der Waals surface area contributed by atoms with E-state index in [-0.39, 0.29) is 11.5 Å². The minimum absolute atomic E-state index is 0.0633. The highest BCUT2D eigenvalue weighted by Crippen LogP contribution is 2.37. The third kappa shape index (κ3) is 2.37. The van der Waals surface area contributed by atoms with Gasteiger partial charge in [-0.2, -0.15) is 4.98 Å². The summed E-state index contributed by atoms with van der Waals surface area (Å²) in [6.07, 6.45) is 6.21. The van der Waals surface area contributed by atoms with E-state index in [1.54, 1.807) is 0 Å². The lowest BCUT2D eigenvalue weighted by atomic mass is 9.80. The first-order chi connectivity index (χ1) is 9.63. The molecule has 1 aliphatic carbocycles. The van der Waals surface area contributed by atoms with Crippen molar-refractivity contribution < 1.29 is 9.26 Å². The SMILES string of the molecule is CCC1CCC(c2noc(C3(C)COCC3N)n2)CC1. The van der Waals surface area contributed by atoms with Crippen molar-refractivity contribution in [1.82, 2.24) is 10.1 Å². The molecule has 0 amide bonds. The van der Waals surface area contributed by atoms with E-state index in [9.17, 15) is 0 Å². The van der Waals surface area contributed by atoms with E-state index >= 15 is 0 Å². The molecule has 2 unspecified atom stereocenters. The van der Waals surface area contributed by atoms with Gasteiger partial charge in [0.1, 0.15) is 0 Å². The molecular weight excluding hydrogens is 254 g/mol. The van der Waals surface area contributed by atoms with Crippen LogP contribution >= 0.6 is 0 Å². The van der Waals surface area contributed by atoms with Gasteiger partial charge in [-0.15, -0.1) is 0 Å². The van der Waals surface area contributed by atoms with Gasteiger partial charge >= 0.3 is 0 Å². The molecule has 2 heterocycles. The fraction of sp³-hybridized carbons (Fsp3) is 0.867. The highest BCUT2D eigenvalue weighted by Gasteiger charge is 2.44. The zero-order chi connectivity index (χ0) is 14.2. The maximum atomic E-state index is 6.12. The van der Waals surface area contributed by atoms with Crippen LogP contribution in [-0.4, -0.2) is 29.4 Å². The lowest BCUT2D eigenvalue weighted by molar-refractivity contribution is 0.169. The van der Waals surface area contributed by atoms with Crippen LogP contribution in [0.4, 0.5) is 0 Å². The molecule has 2 fully saturated rings. The summed E-state index contributed by atoms with van der Waals surface area (Å²) in [7, 11) is 0. The zero-order valence-corrected chi connectivity index (χ0v) is 12.5. The van der Waals surface area contributed by atoms with Gasteiger partial charge in [0.25, 0.3) is 0 Å². The van der Waals surface area contributed by atoms with Crippen molar-refractivity contribution in [3.05, 3.63) is 11.7 Å². The van der Waals surface area contributed by atoms with Crippen molar-refractivity contribution in [2.75, 3.05) is 13.2 Å². The number of aromatic nitrogens is 2. The maximum absolute atomic E-state index is 6.12. The monoisotopic (exact) mass is 279 g/mol. The van der Waals surface area contributed by atoms with Crippen molar-refractivity contribution in [3.63, 3.8) is 0 Å². The quantitative estimate of drug-likeness (QED) is 0.919. The normalized spacial score (nSPS) is 38.2. The highest BCUT2D eigenvalue weighted by molar-refractivity contribution is 5.12. The van der Waals surface area contributed by atoms with Gasteiger partial charge < -0.3 is 15.0 Å². The summed E-state index contributed by atoms with van der Waals surface area (Å²) in [6.45, 7) is 5.46. The lowest BCUT2D eigenvalue weighted by Gasteiger charge is -2.25. The Labute approximate surface area is 120 Å². The summed E-state index contributed by atoms with van der Waals surface area (Å²) in [6, 6.07) is -0.0633. The van der Waals surface area contributed by atoms with Crippen LogP contribution in [0.1, 0.15) is 63.6 Å². The molecule has 2 aliphatic rings. The second-order valence-corrected chi connectivity index (χ2v) is 6.62. The number of hydrogen-bond acceptors (Lipinski definition) is 5. The molecule has 0 radical (unpaired) electrons. The van der Waals surface area contributed by atoms with E-state index in [0.717, 1.165) is 11.7 Å². The van der Waals surface area contributed by atoms with E-state index in [4.69, 9.17) is 15.0 Å². The molecule has 0 spiro atoms. The predicted molar refractivity (Wildman–Crippen MR) is 75.4 cm³/mol. The molecule has 2 N–H and O–H groups in total. The molecule has 1 aliphatic heterocycles. The molecule has 3 rings (SSSR count). The summed E-state index contributed by atoms with van der Waals surface area (Å²) < 4.78 is 11.0. The summed E-state index contributed by atoms with van der Waals surface area (Å²) in [5, 5.41) is 4.22. The predicted octanol–water partition coefficient (Wildman–Crippen LogP) is 2.37. The molecule has 1 saturated heterocycles. The first-order valence-corrected chi connectivity index (χ1v) is 7.81. The molecule has 1 saturated carbocycles. The molecular formula is C15H25N3O2. The van der Waals surface area contributed by atoms with Crippen molar-refractivity contribution in [2.24, 2.45) is 11.7 Å². The smallest absolute Gasteiger partial charge is 0.236 e. The third-order valence-corrected chi connectivity index (χ3v) is 5.24. The molecule has 1 aromatic heterocycles. The van der Waals surface area contributed by atoms with Gasteiger partial charge in [-0.25, -0.2) is 0 Å². The fourth-order valence-electron chi connectivity index (χ4n) is 3.37. The first kappa shape index (κ1) is 14.0.